The van der Waals surface area contributed by atoms with E-state index in [9.17, 15) is 4.79 Å². The average Bonchev–Trinajstić information content (AvgIpc) is 3.32. The maximum absolute atomic E-state index is 12.9. The molecule has 1 aliphatic heterocycles. The Bertz CT molecular complexity index is 881. The van der Waals surface area contributed by atoms with E-state index < -0.39 is 0 Å². The fraction of sp³-hybridized carbons (Fsp3) is 0.353. The van der Waals surface area contributed by atoms with Crippen LogP contribution in [0.25, 0.3) is 11.0 Å². The van der Waals surface area contributed by atoms with Crippen LogP contribution in [0.2, 0.25) is 0 Å². The van der Waals surface area contributed by atoms with Gasteiger partial charge in [0.05, 0.1) is 0 Å². The van der Waals surface area contributed by atoms with Crippen LogP contribution < -0.4 is 0 Å². The standard InChI is InChI=1S/C17H17N3O2S2/c1-11-18-19-17(24-11)23-10-13-12-6-2-3-7-14(12)22-15(13)16(21)20-8-4-5-9-20/h2-3,6-7H,4-5,8-10H2,1H3. The van der Waals surface area contributed by atoms with Crippen molar-refractivity contribution in [1.82, 2.24) is 15.1 Å². The predicted molar refractivity (Wildman–Crippen MR) is 95.6 cm³/mol. The number of aromatic nitrogens is 2. The molecule has 0 N–H and O–H groups in total. The van der Waals surface area contributed by atoms with E-state index in [1.165, 1.54) is 0 Å². The molecule has 1 aliphatic rings. The minimum Gasteiger partial charge on any atom is -0.451 e. The van der Waals surface area contributed by atoms with Crippen LogP contribution in [0, 0.1) is 6.92 Å². The van der Waals surface area contributed by atoms with Crippen LogP contribution in [0.1, 0.15) is 34.0 Å². The van der Waals surface area contributed by atoms with E-state index in [2.05, 4.69) is 10.2 Å². The van der Waals surface area contributed by atoms with E-state index in [4.69, 9.17) is 4.42 Å². The molecule has 3 heterocycles. The molecule has 124 valence electrons. The van der Waals surface area contributed by atoms with Crippen molar-refractivity contribution in [2.75, 3.05) is 13.1 Å². The maximum Gasteiger partial charge on any atom is 0.289 e. The molecule has 1 fully saturated rings. The third-order valence-electron chi connectivity index (χ3n) is 4.13. The minimum atomic E-state index is 0.00717. The SMILES string of the molecule is Cc1nnc(SCc2c(C(=O)N3CCCC3)oc3ccccc23)s1. The molecule has 0 aliphatic carbocycles. The van der Waals surface area contributed by atoms with Crippen LogP contribution in [0.3, 0.4) is 0 Å². The normalized spacial score (nSPS) is 14.6. The third kappa shape index (κ3) is 2.93. The summed E-state index contributed by atoms with van der Waals surface area (Å²) in [6, 6.07) is 7.84. The van der Waals surface area contributed by atoms with Crippen molar-refractivity contribution in [3.63, 3.8) is 0 Å². The summed E-state index contributed by atoms with van der Waals surface area (Å²) < 4.78 is 6.84. The molecule has 0 bridgehead atoms. The number of amides is 1. The van der Waals surface area contributed by atoms with Gasteiger partial charge >= 0.3 is 0 Å². The molecule has 1 amide bonds. The fourth-order valence-electron chi connectivity index (χ4n) is 2.95. The van der Waals surface area contributed by atoms with Gasteiger partial charge in [0.25, 0.3) is 5.91 Å². The molecule has 24 heavy (non-hydrogen) atoms. The summed E-state index contributed by atoms with van der Waals surface area (Å²) in [6.07, 6.45) is 2.14. The first-order valence-corrected chi connectivity index (χ1v) is 9.75. The van der Waals surface area contributed by atoms with Gasteiger partial charge in [-0.2, -0.15) is 0 Å². The molecular formula is C17H17N3O2S2. The van der Waals surface area contributed by atoms with Gasteiger partial charge in [-0.1, -0.05) is 41.3 Å². The Hall–Kier alpha value is -1.86. The van der Waals surface area contributed by atoms with Crippen LogP contribution in [0.15, 0.2) is 33.0 Å². The number of thioether (sulfide) groups is 1. The first-order valence-electron chi connectivity index (χ1n) is 7.95. The van der Waals surface area contributed by atoms with E-state index in [0.717, 1.165) is 51.8 Å². The lowest BCUT2D eigenvalue weighted by molar-refractivity contribution is 0.0762. The monoisotopic (exact) mass is 359 g/mol. The van der Waals surface area contributed by atoms with Crippen molar-refractivity contribution in [3.8, 4) is 0 Å². The Kier molecular flexibility index (Phi) is 4.28. The number of fused-ring (bicyclic) bond motifs is 1. The summed E-state index contributed by atoms with van der Waals surface area (Å²) in [4.78, 5) is 14.7. The van der Waals surface area contributed by atoms with Gasteiger partial charge in [-0.15, -0.1) is 10.2 Å². The number of rotatable bonds is 4. The first-order chi connectivity index (χ1) is 11.7. The van der Waals surface area contributed by atoms with Crippen LogP contribution in [-0.2, 0) is 5.75 Å². The number of hydrogen-bond acceptors (Lipinski definition) is 6. The lowest BCUT2D eigenvalue weighted by Gasteiger charge is -2.14. The van der Waals surface area contributed by atoms with Crippen LogP contribution in [-0.4, -0.2) is 34.1 Å². The number of furan rings is 1. The first kappa shape index (κ1) is 15.7. The van der Waals surface area contributed by atoms with E-state index in [1.54, 1.807) is 23.1 Å². The molecule has 1 aromatic carbocycles. The minimum absolute atomic E-state index is 0.00717. The van der Waals surface area contributed by atoms with Crippen molar-refractivity contribution in [2.45, 2.75) is 29.9 Å². The number of para-hydroxylation sites is 1. The van der Waals surface area contributed by atoms with E-state index in [1.807, 2.05) is 36.1 Å². The molecule has 7 heteroatoms. The van der Waals surface area contributed by atoms with Gasteiger partial charge in [0.1, 0.15) is 10.6 Å². The number of likely N-dealkylation sites (tertiary alicyclic amines) is 1. The van der Waals surface area contributed by atoms with Crippen LogP contribution >= 0.6 is 23.1 Å². The highest BCUT2D eigenvalue weighted by molar-refractivity contribution is 8.00. The van der Waals surface area contributed by atoms with Gasteiger partial charge in [0.15, 0.2) is 10.1 Å². The molecule has 4 rings (SSSR count). The van der Waals surface area contributed by atoms with Gasteiger partial charge in [0, 0.05) is 29.8 Å². The molecule has 1 saturated heterocycles. The van der Waals surface area contributed by atoms with E-state index in [0.29, 0.717) is 11.5 Å². The van der Waals surface area contributed by atoms with Gasteiger partial charge < -0.3 is 9.32 Å². The lowest BCUT2D eigenvalue weighted by Crippen LogP contribution is -2.27. The highest BCUT2D eigenvalue weighted by atomic mass is 32.2. The van der Waals surface area contributed by atoms with Crippen molar-refractivity contribution >= 4 is 40.0 Å². The summed E-state index contributed by atoms with van der Waals surface area (Å²) in [5, 5.41) is 10.2. The highest BCUT2D eigenvalue weighted by Gasteiger charge is 2.27. The molecule has 3 aromatic rings. The smallest absolute Gasteiger partial charge is 0.289 e. The second-order valence-corrected chi connectivity index (χ2v) is 8.18. The van der Waals surface area contributed by atoms with Crippen molar-refractivity contribution < 1.29 is 9.21 Å². The van der Waals surface area contributed by atoms with E-state index in [-0.39, 0.29) is 5.91 Å². The summed E-state index contributed by atoms with van der Waals surface area (Å²) in [5.41, 5.74) is 1.73. The van der Waals surface area contributed by atoms with Crippen molar-refractivity contribution in [1.29, 1.82) is 0 Å². The fourth-order valence-corrected chi connectivity index (χ4v) is 4.79. The van der Waals surface area contributed by atoms with Crippen molar-refractivity contribution in [2.24, 2.45) is 0 Å². The second-order valence-electron chi connectivity index (χ2n) is 5.78. The predicted octanol–water partition coefficient (Wildman–Crippen LogP) is 4.12. The molecule has 0 atom stereocenters. The number of nitrogens with zero attached hydrogens (tertiary/aromatic N) is 3. The van der Waals surface area contributed by atoms with Crippen LogP contribution in [0.4, 0.5) is 0 Å². The largest absolute Gasteiger partial charge is 0.451 e. The quantitative estimate of drug-likeness (QED) is 0.656. The van der Waals surface area contributed by atoms with Gasteiger partial charge in [-0.25, -0.2) is 0 Å². The van der Waals surface area contributed by atoms with Crippen molar-refractivity contribution in [3.05, 3.63) is 40.6 Å². The van der Waals surface area contributed by atoms with Gasteiger partial charge in [0.2, 0.25) is 0 Å². The molecule has 0 unspecified atom stereocenters. The Morgan fingerprint density at radius 3 is 2.83 bits per heavy atom. The van der Waals surface area contributed by atoms with Gasteiger partial charge in [-0.05, 0) is 25.8 Å². The number of benzene rings is 1. The zero-order valence-corrected chi connectivity index (χ0v) is 15.0. The Morgan fingerprint density at radius 1 is 1.29 bits per heavy atom. The number of carbonyl (C=O) groups is 1. The highest BCUT2D eigenvalue weighted by Crippen LogP contribution is 2.34. The number of aryl methyl sites for hydroxylation is 1. The topological polar surface area (TPSA) is 59.2 Å². The molecule has 2 aromatic heterocycles. The molecule has 0 spiro atoms. The Labute approximate surface area is 148 Å². The average molecular weight is 359 g/mol. The summed E-state index contributed by atoms with van der Waals surface area (Å²) in [7, 11) is 0. The summed E-state index contributed by atoms with van der Waals surface area (Å²) >= 11 is 3.17. The Balaban J connectivity index is 1.68. The second kappa shape index (κ2) is 6.57. The summed E-state index contributed by atoms with van der Waals surface area (Å²) in [6.45, 7) is 3.58. The molecule has 0 saturated carbocycles. The van der Waals surface area contributed by atoms with Gasteiger partial charge in [-0.3, -0.25) is 4.79 Å². The molecular weight excluding hydrogens is 342 g/mol. The molecule has 0 radical (unpaired) electrons. The zero-order valence-electron chi connectivity index (χ0n) is 13.3. The summed E-state index contributed by atoms with van der Waals surface area (Å²) in [5.74, 6) is 1.14. The maximum atomic E-state index is 12.9. The van der Waals surface area contributed by atoms with Crippen LogP contribution in [0.5, 0.6) is 0 Å². The molecule has 5 nitrogen and oxygen atoms in total. The van der Waals surface area contributed by atoms with E-state index >= 15 is 0 Å². The zero-order chi connectivity index (χ0) is 16.5. The number of carbonyl (C=O) groups excluding carboxylic acids is 1. The lowest BCUT2D eigenvalue weighted by atomic mass is 10.1. The Morgan fingerprint density at radius 2 is 2.08 bits per heavy atom. The third-order valence-corrected chi connectivity index (χ3v) is 6.13. The number of hydrogen-bond donors (Lipinski definition) is 0.